The van der Waals surface area contributed by atoms with E-state index >= 15 is 0 Å². The van der Waals surface area contributed by atoms with Crippen molar-refractivity contribution in [2.24, 2.45) is 0 Å². The lowest BCUT2D eigenvalue weighted by atomic mass is 9.99. The molecule has 0 aromatic rings. The van der Waals surface area contributed by atoms with Crippen molar-refractivity contribution in [2.75, 3.05) is 14.1 Å². The summed E-state index contributed by atoms with van der Waals surface area (Å²) in [5.74, 6) is 0. The summed E-state index contributed by atoms with van der Waals surface area (Å²) in [4.78, 5) is 2.38. The van der Waals surface area contributed by atoms with Crippen LogP contribution in [0, 0.1) is 0 Å². The topological polar surface area (TPSA) is 15.3 Å². The molecule has 2 nitrogen and oxygen atoms in total. The van der Waals surface area contributed by atoms with Crippen molar-refractivity contribution in [2.45, 2.75) is 43.8 Å². The van der Waals surface area contributed by atoms with Crippen molar-refractivity contribution in [1.29, 1.82) is 0 Å². The van der Waals surface area contributed by atoms with Gasteiger partial charge in [-0.2, -0.15) is 0 Å². The van der Waals surface area contributed by atoms with Crippen LogP contribution in [0.5, 0.6) is 0 Å². The van der Waals surface area contributed by atoms with Gasteiger partial charge in [-0.05, 0) is 39.8 Å². The van der Waals surface area contributed by atoms with E-state index in [0.29, 0.717) is 0 Å². The molecule has 0 aromatic carbocycles. The Bertz CT molecular complexity index is 137. The van der Waals surface area contributed by atoms with E-state index in [1.54, 1.807) is 0 Å². The normalized spacial score (nSPS) is 39.8. The average Bonchev–Trinajstić information content (AvgIpc) is 2.30. The molecule has 0 spiro atoms. The van der Waals surface area contributed by atoms with Crippen molar-refractivity contribution < 1.29 is 0 Å². The predicted molar refractivity (Wildman–Crippen MR) is 53.9 cm³/mol. The fourth-order valence-electron chi connectivity index (χ4n) is 2.45. The molecule has 0 aromatic heterocycles. The summed E-state index contributed by atoms with van der Waals surface area (Å²) in [6.45, 7) is 0. The molecular formula is C9H19ClN2. The van der Waals surface area contributed by atoms with Crippen LogP contribution in [0.2, 0.25) is 0 Å². The van der Waals surface area contributed by atoms with E-state index < -0.39 is 0 Å². The zero-order chi connectivity index (χ0) is 7.84. The van der Waals surface area contributed by atoms with Gasteiger partial charge in [-0.3, -0.25) is 0 Å². The SMILES string of the molecule is CN(C)C1CC2CCC(C1)N2.Cl. The quantitative estimate of drug-likeness (QED) is 0.670. The number of piperidine rings is 1. The van der Waals surface area contributed by atoms with E-state index in [-0.39, 0.29) is 12.4 Å². The van der Waals surface area contributed by atoms with Crippen molar-refractivity contribution >= 4 is 12.4 Å². The molecule has 2 unspecified atom stereocenters. The number of hydrogen-bond donors (Lipinski definition) is 1. The molecule has 2 rings (SSSR count). The maximum absolute atomic E-state index is 3.65. The summed E-state index contributed by atoms with van der Waals surface area (Å²) in [6.07, 6.45) is 5.55. The molecule has 2 aliphatic heterocycles. The van der Waals surface area contributed by atoms with E-state index in [0.717, 1.165) is 18.1 Å². The lowest BCUT2D eigenvalue weighted by molar-refractivity contribution is 0.203. The summed E-state index contributed by atoms with van der Waals surface area (Å²) in [5.41, 5.74) is 0. The van der Waals surface area contributed by atoms with Gasteiger partial charge in [-0.1, -0.05) is 0 Å². The number of rotatable bonds is 1. The van der Waals surface area contributed by atoms with Crippen molar-refractivity contribution in [3.8, 4) is 0 Å². The summed E-state index contributed by atoms with van der Waals surface area (Å²) in [5, 5.41) is 3.65. The fourth-order valence-corrected chi connectivity index (χ4v) is 2.45. The first-order valence-corrected chi connectivity index (χ1v) is 4.68. The van der Waals surface area contributed by atoms with Crippen LogP contribution in [0.25, 0.3) is 0 Å². The molecule has 72 valence electrons. The lowest BCUT2D eigenvalue weighted by Crippen LogP contribution is -2.45. The second kappa shape index (κ2) is 3.95. The Morgan fingerprint density at radius 3 is 2.00 bits per heavy atom. The third-order valence-corrected chi connectivity index (χ3v) is 3.18. The van der Waals surface area contributed by atoms with Crippen molar-refractivity contribution in [1.82, 2.24) is 10.2 Å². The molecule has 12 heavy (non-hydrogen) atoms. The largest absolute Gasteiger partial charge is 0.311 e. The van der Waals surface area contributed by atoms with Gasteiger partial charge in [0.15, 0.2) is 0 Å². The van der Waals surface area contributed by atoms with E-state index in [1.807, 2.05) is 0 Å². The number of nitrogens with zero attached hydrogens (tertiary/aromatic N) is 1. The summed E-state index contributed by atoms with van der Waals surface area (Å²) in [7, 11) is 4.41. The van der Waals surface area contributed by atoms with Gasteiger partial charge < -0.3 is 10.2 Å². The molecule has 0 aliphatic carbocycles. The van der Waals surface area contributed by atoms with Crippen LogP contribution in [-0.4, -0.2) is 37.1 Å². The van der Waals surface area contributed by atoms with E-state index in [9.17, 15) is 0 Å². The van der Waals surface area contributed by atoms with Gasteiger partial charge >= 0.3 is 0 Å². The number of fused-ring (bicyclic) bond motifs is 2. The van der Waals surface area contributed by atoms with Crippen LogP contribution in [0.4, 0.5) is 0 Å². The molecule has 1 N–H and O–H groups in total. The highest BCUT2D eigenvalue weighted by Gasteiger charge is 2.33. The fraction of sp³-hybridized carbons (Fsp3) is 1.00. The van der Waals surface area contributed by atoms with Crippen LogP contribution < -0.4 is 5.32 Å². The third kappa shape index (κ3) is 1.93. The Balaban J connectivity index is 0.000000720. The minimum Gasteiger partial charge on any atom is -0.311 e. The van der Waals surface area contributed by atoms with Gasteiger partial charge in [-0.25, -0.2) is 0 Å². The monoisotopic (exact) mass is 190 g/mol. The highest BCUT2D eigenvalue weighted by atomic mass is 35.5. The number of nitrogens with one attached hydrogen (secondary N) is 1. The van der Waals surface area contributed by atoms with Crippen LogP contribution in [0.15, 0.2) is 0 Å². The van der Waals surface area contributed by atoms with Crippen LogP contribution >= 0.6 is 12.4 Å². The lowest BCUT2D eigenvalue weighted by Gasteiger charge is -2.33. The molecule has 3 heteroatoms. The van der Waals surface area contributed by atoms with E-state index in [2.05, 4.69) is 24.3 Å². The molecule has 0 amide bonds. The van der Waals surface area contributed by atoms with Crippen LogP contribution in [0.3, 0.4) is 0 Å². The molecule has 2 atom stereocenters. The summed E-state index contributed by atoms with van der Waals surface area (Å²) in [6, 6.07) is 2.51. The van der Waals surface area contributed by atoms with E-state index in [4.69, 9.17) is 0 Å². The van der Waals surface area contributed by atoms with Crippen molar-refractivity contribution in [3.05, 3.63) is 0 Å². The Labute approximate surface area is 81.1 Å². The maximum Gasteiger partial charge on any atom is 0.0119 e. The van der Waals surface area contributed by atoms with Gasteiger partial charge in [0.1, 0.15) is 0 Å². The minimum absolute atomic E-state index is 0. The molecule has 2 aliphatic rings. The van der Waals surface area contributed by atoms with Gasteiger partial charge in [0.05, 0.1) is 0 Å². The standard InChI is InChI=1S/C9H18N2.ClH/c1-11(2)9-5-7-3-4-8(6-9)10-7;/h7-10H,3-6H2,1-2H3;1H. The highest BCUT2D eigenvalue weighted by Crippen LogP contribution is 2.28. The summed E-state index contributed by atoms with van der Waals surface area (Å²) >= 11 is 0. The third-order valence-electron chi connectivity index (χ3n) is 3.18. The van der Waals surface area contributed by atoms with Crippen molar-refractivity contribution in [3.63, 3.8) is 0 Å². The van der Waals surface area contributed by atoms with Crippen LogP contribution in [0.1, 0.15) is 25.7 Å². The minimum atomic E-state index is 0. The first kappa shape index (κ1) is 10.3. The molecule has 2 fully saturated rings. The van der Waals surface area contributed by atoms with Crippen LogP contribution in [-0.2, 0) is 0 Å². The second-order valence-electron chi connectivity index (χ2n) is 4.23. The smallest absolute Gasteiger partial charge is 0.0119 e. The van der Waals surface area contributed by atoms with E-state index in [1.165, 1.54) is 25.7 Å². The zero-order valence-electron chi connectivity index (χ0n) is 7.92. The Morgan fingerprint density at radius 2 is 1.58 bits per heavy atom. The Hall–Kier alpha value is 0.210. The van der Waals surface area contributed by atoms with Gasteiger partial charge in [0.25, 0.3) is 0 Å². The average molecular weight is 191 g/mol. The predicted octanol–water partition coefficient (Wildman–Crippen LogP) is 1.25. The molecule has 0 radical (unpaired) electrons. The second-order valence-corrected chi connectivity index (χ2v) is 4.23. The van der Waals surface area contributed by atoms with Gasteiger partial charge in [-0.15, -0.1) is 12.4 Å². The van der Waals surface area contributed by atoms with Gasteiger partial charge in [0, 0.05) is 18.1 Å². The molecule has 2 heterocycles. The zero-order valence-corrected chi connectivity index (χ0v) is 8.73. The first-order valence-electron chi connectivity index (χ1n) is 4.68. The highest BCUT2D eigenvalue weighted by molar-refractivity contribution is 5.85. The molecule has 2 bridgehead atoms. The molecular weight excluding hydrogens is 172 g/mol. The first-order chi connectivity index (χ1) is 5.25. The Morgan fingerprint density at radius 1 is 1.08 bits per heavy atom. The number of halogens is 1. The molecule has 2 saturated heterocycles. The summed E-state index contributed by atoms with van der Waals surface area (Å²) < 4.78 is 0. The maximum atomic E-state index is 3.65. The number of hydrogen-bond acceptors (Lipinski definition) is 2. The molecule has 0 saturated carbocycles. The van der Waals surface area contributed by atoms with Gasteiger partial charge in [0.2, 0.25) is 0 Å². The Kier molecular flexibility index (Phi) is 3.38.